The van der Waals surface area contributed by atoms with Crippen LogP contribution < -0.4 is 0 Å². The molecule has 13 heavy (non-hydrogen) atoms. The average Bonchev–Trinajstić information content (AvgIpc) is 2.43. The van der Waals surface area contributed by atoms with Crippen LogP contribution in [0, 0.1) is 5.82 Å². The lowest BCUT2D eigenvalue weighted by molar-refractivity contribution is 0.487. The Bertz CT molecular complexity index is 452. The highest BCUT2D eigenvalue weighted by Gasteiger charge is 2.12. The van der Waals surface area contributed by atoms with Gasteiger partial charge in [-0.05, 0) is 6.07 Å². The summed E-state index contributed by atoms with van der Waals surface area (Å²) in [6, 6.07) is 4.86. The second-order valence-electron chi connectivity index (χ2n) is 2.64. The molecule has 1 aromatic heterocycles. The molecule has 0 radical (unpaired) electrons. The van der Waals surface area contributed by atoms with Crippen molar-refractivity contribution >= 4 is 37.4 Å². The zero-order valence-corrected chi connectivity index (χ0v) is 8.95. The van der Waals surface area contributed by atoms with Crippen molar-refractivity contribution in [3.8, 4) is 5.06 Å². The normalized spacial score (nSPS) is 10.9. The van der Waals surface area contributed by atoms with Gasteiger partial charge in [-0.15, -0.1) is 0 Å². The Labute approximate surface area is 86.9 Å². The van der Waals surface area contributed by atoms with Gasteiger partial charge in [0.2, 0.25) is 0 Å². The van der Waals surface area contributed by atoms with Crippen molar-refractivity contribution in [3.05, 3.63) is 29.6 Å². The molecule has 0 unspecified atom stereocenters. The quantitative estimate of drug-likeness (QED) is 0.777. The van der Waals surface area contributed by atoms with Crippen LogP contribution in [0.2, 0.25) is 0 Å². The minimum atomic E-state index is -0.273. The highest BCUT2D eigenvalue weighted by atomic mass is 79.9. The zero-order valence-electron chi connectivity index (χ0n) is 6.55. The Kier molecular flexibility index (Phi) is 2.26. The van der Waals surface area contributed by atoms with E-state index >= 15 is 0 Å². The van der Waals surface area contributed by atoms with E-state index in [4.69, 9.17) is 0 Å². The van der Waals surface area contributed by atoms with Crippen molar-refractivity contribution in [2.24, 2.45) is 0 Å². The van der Waals surface area contributed by atoms with E-state index in [2.05, 4.69) is 15.9 Å². The molecule has 68 valence electrons. The van der Waals surface area contributed by atoms with Crippen molar-refractivity contribution in [2.75, 3.05) is 0 Å². The van der Waals surface area contributed by atoms with Crippen molar-refractivity contribution in [1.29, 1.82) is 0 Å². The number of aromatic hydroxyl groups is 1. The van der Waals surface area contributed by atoms with Crippen LogP contribution in [0.4, 0.5) is 4.39 Å². The fraction of sp³-hybridized carbons (Fsp3) is 0.111. The van der Waals surface area contributed by atoms with Gasteiger partial charge in [-0.2, -0.15) is 0 Å². The van der Waals surface area contributed by atoms with E-state index < -0.39 is 0 Å². The maximum atomic E-state index is 13.2. The lowest BCUT2D eigenvalue weighted by Crippen LogP contribution is -1.75. The molecule has 4 heteroatoms. The first-order valence-corrected chi connectivity index (χ1v) is 5.62. The lowest BCUT2D eigenvalue weighted by atomic mass is 10.2. The summed E-state index contributed by atoms with van der Waals surface area (Å²) in [5.74, 6) is -0.273. The van der Waals surface area contributed by atoms with Crippen LogP contribution in [0.1, 0.15) is 5.56 Å². The summed E-state index contributed by atoms with van der Waals surface area (Å²) in [5, 5.41) is 11.0. The SMILES string of the molecule is Oc1sc2c(F)cccc2c1CBr. The van der Waals surface area contributed by atoms with E-state index in [1.807, 2.05) is 6.07 Å². The first kappa shape index (κ1) is 8.97. The summed E-state index contributed by atoms with van der Waals surface area (Å²) in [6.07, 6.45) is 0. The van der Waals surface area contributed by atoms with Gasteiger partial charge in [0.15, 0.2) is 5.06 Å². The molecule has 0 amide bonds. The van der Waals surface area contributed by atoms with E-state index in [-0.39, 0.29) is 10.9 Å². The molecule has 0 aliphatic heterocycles. The van der Waals surface area contributed by atoms with Crippen LogP contribution in [-0.4, -0.2) is 5.11 Å². The monoisotopic (exact) mass is 260 g/mol. The average molecular weight is 261 g/mol. The molecule has 0 aliphatic carbocycles. The van der Waals surface area contributed by atoms with Gasteiger partial charge < -0.3 is 5.11 Å². The molecule has 1 aromatic carbocycles. The first-order valence-electron chi connectivity index (χ1n) is 3.69. The number of fused-ring (bicyclic) bond motifs is 1. The minimum absolute atomic E-state index is 0.192. The van der Waals surface area contributed by atoms with Gasteiger partial charge in [0.25, 0.3) is 0 Å². The van der Waals surface area contributed by atoms with Crippen LogP contribution in [-0.2, 0) is 5.33 Å². The number of benzene rings is 1. The van der Waals surface area contributed by atoms with Gasteiger partial charge in [0.1, 0.15) is 5.82 Å². The molecule has 0 atom stereocenters. The minimum Gasteiger partial charge on any atom is -0.499 e. The Morgan fingerprint density at radius 3 is 2.92 bits per heavy atom. The third-order valence-corrected chi connectivity index (χ3v) is 3.50. The molecule has 1 heterocycles. The smallest absolute Gasteiger partial charge is 0.176 e. The predicted molar refractivity (Wildman–Crippen MR) is 56.1 cm³/mol. The summed E-state index contributed by atoms with van der Waals surface area (Å²) in [5.41, 5.74) is 0.763. The van der Waals surface area contributed by atoms with Crippen LogP contribution >= 0.6 is 27.3 Å². The summed E-state index contributed by atoms with van der Waals surface area (Å²) < 4.78 is 13.7. The summed E-state index contributed by atoms with van der Waals surface area (Å²) >= 11 is 4.34. The third-order valence-electron chi connectivity index (χ3n) is 1.88. The second-order valence-corrected chi connectivity index (χ2v) is 4.20. The molecular weight excluding hydrogens is 255 g/mol. The van der Waals surface area contributed by atoms with Crippen LogP contribution in [0.25, 0.3) is 10.1 Å². The zero-order chi connectivity index (χ0) is 9.42. The number of hydrogen-bond acceptors (Lipinski definition) is 2. The second kappa shape index (κ2) is 3.27. The van der Waals surface area contributed by atoms with E-state index in [0.717, 1.165) is 22.3 Å². The molecule has 0 spiro atoms. The molecule has 0 saturated carbocycles. The van der Waals surface area contributed by atoms with Gasteiger partial charge >= 0.3 is 0 Å². The van der Waals surface area contributed by atoms with Crippen molar-refractivity contribution in [3.63, 3.8) is 0 Å². The Balaban J connectivity index is 2.86. The van der Waals surface area contributed by atoms with Crippen LogP contribution in [0.5, 0.6) is 5.06 Å². The van der Waals surface area contributed by atoms with E-state index in [1.165, 1.54) is 6.07 Å². The van der Waals surface area contributed by atoms with Gasteiger partial charge in [-0.3, -0.25) is 0 Å². The third kappa shape index (κ3) is 1.34. The standard InChI is InChI=1S/C9H6BrFOS/c10-4-6-5-2-1-3-7(11)8(5)13-9(6)12/h1-3,12H,4H2. The maximum Gasteiger partial charge on any atom is 0.176 e. The van der Waals surface area contributed by atoms with Crippen molar-refractivity contribution in [1.82, 2.24) is 0 Å². The summed E-state index contributed by atoms with van der Waals surface area (Å²) in [6.45, 7) is 0. The molecular formula is C9H6BrFOS. The molecule has 0 aliphatic rings. The fourth-order valence-corrected chi connectivity index (χ4v) is 2.97. The van der Waals surface area contributed by atoms with Crippen LogP contribution in [0.15, 0.2) is 18.2 Å². The highest BCUT2D eigenvalue weighted by molar-refractivity contribution is 9.08. The van der Waals surface area contributed by atoms with Crippen molar-refractivity contribution < 1.29 is 9.50 Å². The largest absolute Gasteiger partial charge is 0.499 e. The number of hydrogen-bond donors (Lipinski definition) is 1. The number of halogens is 2. The number of alkyl halides is 1. The van der Waals surface area contributed by atoms with Gasteiger partial charge in [0.05, 0.1) is 4.70 Å². The topological polar surface area (TPSA) is 20.2 Å². The molecule has 2 aromatic rings. The molecule has 0 saturated heterocycles. The van der Waals surface area contributed by atoms with E-state index in [1.54, 1.807) is 6.07 Å². The Morgan fingerprint density at radius 2 is 2.23 bits per heavy atom. The van der Waals surface area contributed by atoms with Gasteiger partial charge in [-0.25, -0.2) is 4.39 Å². The molecule has 1 N–H and O–H groups in total. The van der Waals surface area contributed by atoms with Gasteiger partial charge in [0, 0.05) is 16.3 Å². The van der Waals surface area contributed by atoms with E-state index in [0.29, 0.717) is 10.0 Å². The molecule has 1 nitrogen and oxygen atoms in total. The highest BCUT2D eigenvalue weighted by Crippen LogP contribution is 2.38. The lowest BCUT2D eigenvalue weighted by Gasteiger charge is -1.93. The fourth-order valence-electron chi connectivity index (χ4n) is 1.25. The first-order chi connectivity index (χ1) is 6.24. The van der Waals surface area contributed by atoms with E-state index in [9.17, 15) is 9.50 Å². The number of thiophene rings is 1. The maximum absolute atomic E-state index is 13.2. The van der Waals surface area contributed by atoms with Crippen molar-refractivity contribution in [2.45, 2.75) is 5.33 Å². The van der Waals surface area contributed by atoms with Gasteiger partial charge in [-0.1, -0.05) is 39.4 Å². The Hall–Kier alpha value is -0.610. The molecule has 0 bridgehead atoms. The van der Waals surface area contributed by atoms with Crippen LogP contribution in [0.3, 0.4) is 0 Å². The Morgan fingerprint density at radius 1 is 1.46 bits per heavy atom. The molecule has 2 rings (SSSR count). The predicted octanol–water partition coefficient (Wildman–Crippen LogP) is 3.64. The summed E-state index contributed by atoms with van der Waals surface area (Å²) in [7, 11) is 0. The summed E-state index contributed by atoms with van der Waals surface area (Å²) in [4.78, 5) is 0. The molecule has 0 fully saturated rings. The number of rotatable bonds is 1.